The molecular weight excluding hydrogens is 246 g/mol. The minimum atomic E-state index is -0.181. The molecule has 0 saturated heterocycles. The number of nitrogens with zero attached hydrogens (tertiary/aromatic N) is 2. The van der Waals surface area contributed by atoms with Crippen molar-refractivity contribution in [3.05, 3.63) is 45.2 Å². The summed E-state index contributed by atoms with van der Waals surface area (Å²) in [5.41, 5.74) is 0.863. The van der Waals surface area contributed by atoms with E-state index in [9.17, 15) is 4.79 Å². The monoisotopic (exact) mass is 253 g/mol. The van der Waals surface area contributed by atoms with E-state index in [1.54, 1.807) is 18.6 Å². The van der Waals surface area contributed by atoms with E-state index in [0.29, 0.717) is 5.82 Å². The van der Waals surface area contributed by atoms with E-state index >= 15 is 0 Å². The third-order valence-electron chi connectivity index (χ3n) is 1.93. The Morgan fingerprint density at radius 1 is 1.57 bits per heavy atom. The van der Waals surface area contributed by atoms with E-state index in [-0.39, 0.29) is 5.69 Å². The summed E-state index contributed by atoms with van der Waals surface area (Å²) in [5, 5.41) is 0. The average Bonchev–Trinajstić information content (AvgIpc) is 2.57. The molecule has 0 unspecified atom stereocenters. The first-order valence-electron chi connectivity index (χ1n) is 4.07. The Morgan fingerprint density at radius 3 is 2.93 bits per heavy atom. The van der Waals surface area contributed by atoms with Crippen LogP contribution in [0.1, 0.15) is 5.56 Å². The molecule has 0 radical (unpaired) electrons. The first kappa shape index (κ1) is 9.21. The molecule has 1 N–H and O–H groups in total. The second kappa shape index (κ2) is 3.42. The zero-order chi connectivity index (χ0) is 10.1. The number of aryl methyl sites for hydroxylation is 1. The fourth-order valence-corrected chi connectivity index (χ4v) is 1.37. The number of hydrogen-bond donors (Lipinski definition) is 1. The first-order valence-corrected chi connectivity index (χ1v) is 4.86. The van der Waals surface area contributed by atoms with Gasteiger partial charge in [0.2, 0.25) is 0 Å². The lowest BCUT2D eigenvalue weighted by atomic mass is 10.3. The molecule has 0 saturated carbocycles. The lowest BCUT2D eigenvalue weighted by Crippen LogP contribution is -2.15. The van der Waals surface area contributed by atoms with Gasteiger partial charge in [-0.3, -0.25) is 4.57 Å². The lowest BCUT2D eigenvalue weighted by molar-refractivity contribution is 0.935. The lowest BCUT2D eigenvalue weighted by Gasteiger charge is -2.02. The van der Waals surface area contributed by atoms with Crippen molar-refractivity contribution in [3.8, 4) is 5.82 Å². The van der Waals surface area contributed by atoms with Crippen LogP contribution in [0, 0.1) is 6.92 Å². The maximum absolute atomic E-state index is 11.3. The number of halogens is 1. The van der Waals surface area contributed by atoms with Crippen LogP contribution in [-0.2, 0) is 0 Å². The predicted octanol–water partition coefficient (Wildman–Crippen LogP) is 1.63. The number of aromatic nitrogens is 3. The third kappa shape index (κ3) is 1.50. The van der Waals surface area contributed by atoms with Gasteiger partial charge in [-0.05, 0) is 34.5 Å². The van der Waals surface area contributed by atoms with Crippen molar-refractivity contribution in [1.29, 1.82) is 0 Å². The van der Waals surface area contributed by atoms with Gasteiger partial charge in [0.25, 0.3) is 0 Å². The largest absolute Gasteiger partial charge is 0.331 e. The Kier molecular flexibility index (Phi) is 2.25. The zero-order valence-electron chi connectivity index (χ0n) is 7.49. The molecule has 2 heterocycles. The molecule has 2 aromatic heterocycles. The summed E-state index contributed by atoms with van der Waals surface area (Å²) in [6.07, 6.45) is 4.92. The molecule has 0 aliphatic carbocycles. The smallest absolute Gasteiger partial charge is 0.312 e. The van der Waals surface area contributed by atoms with Crippen LogP contribution in [0.3, 0.4) is 0 Å². The van der Waals surface area contributed by atoms with Crippen LogP contribution in [0.2, 0.25) is 0 Å². The SMILES string of the molecule is Cc1cc(-n2cc[nH]c2=O)ncc1Br. The van der Waals surface area contributed by atoms with E-state index in [1.807, 2.05) is 13.0 Å². The minimum absolute atomic E-state index is 0.181. The fraction of sp³-hybridized carbons (Fsp3) is 0.111. The Labute approximate surface area is 88.7 Å². The van der Waals surface area contributed by atoms with E-state index < -0.39 is 0 Å². The minimum Gasteiger partial charge on any atom is -0.312 e. The molecule has 4 nitrogen and oxygen atoms in total. The van der Waals surface area contributed by atoms with E-state index in [2.05, 4.69) is 25.9 Å². The second-order valence-electron chi connectivity index (χ2n) is 2.93. The van der Waals surface area contributed by atoms with Crippen molar-refractivity contribution < 1.29 is 0 Å². The van der Waals surface area contributed by atoms with Crippen molar-refractivity contribution in [1.82, 2.24) is 14.5 Å². The Hall–Kier alpha value is -1.36. The van der Waals surface area contributed by atoms with Gasteiger partial charge in [-0.25, -0.2) is 9.78 Å². The summed E-state index contributed by atoms with van der Waals surface area (Å²) in [4.78, 5) is 18.0. The summed E-state index contributed by atoms with van der Waals surface area (Å²) in [6.45, 7) is 1.95. The molecule has 72 valence electrons. The Bertz CT molecular complexity index is 515. The molecular formula is C9H8BrN3O. The van der Waals surface area contributed by atoms with Gasteiger partial charge in [-0.2, -0.15) is 0 Å². The number of pyridine rings is 1. The number of aromatic amines is 1. The Balaban J connectivity index is 2.59. The molecule has 5 heteroatoms. The third-order valence-corrected chi connectivity index (χ3v) is 2.76. The standard InChI is InChI=1S/C9H8BrN3O/c1-6-4-8(12-5-7(6)10)13-3-2-11-9(13)14/h2-5H,1H3,(H,11,14). The number of nitrogens with one attached hydrogen (secondary N) is 1. The molecule has 2 aromatic rings. The molecule has 2 rings (SSSR count). The molecule has 0 fully saturated rings. The highest BCUT2D eigenvalue weighted by Crippen LogP contribution is 2.15. The predicted molar refractivity (Wildman–Crippen MR) is 56.6 cm³/mol. The van der Waals surface area contributed by atoms with Crippen molar-refractivity contribution in [3.63, 3.8) is 0 Å². The van der Waals surface area contributed by atoms with Crippen LogP contribution < -0.4 is 5.69 Å². The Morgan fingerprint density at radius 2 is 2.36 bits per heavy atom. The van der Waals surface area contributed by atoms with Crippen LogP contribution in [0.5, 0.6) is 0 Å². The maximum Gasteiger partial charge on any atom is 0.331 e. The van der Waals surface area contributed by atoms with Gasteiger partial charge in [0.05, 0.1) is 0 Å². The van der Waals surface area contributed by atoms with Crippen LogP contribution in [0.15, 0.2) is 33.9 Å². The quantitative estimate of drug-likeness (QED) is 0.840. The highest BCUT2D eigenvalue weighted by Gasteiger charge is 2.02. The molecule has 0 aromatic carbocycles. The van der Waals surface area contributed by atoms with Crippen molar-refractivity contribution >= 4 is 15.9 Å². The van der Waals surface area contributed by atoms with Crippen molar-refractivity contribution in [2.45, 2.75) is 6.92 Å². The average molecular weight is 254 g/mol. The van der Waals surface area contributed by atoms with Crippen LogP contribution in [0.25, 0.3) is 5.82 Å². The van der Waals surface area contributed by atoms with E-state index in [4.69, 9.17) is 0 Å². The summed E-state index contributed by atoms with van der Waals surface area (Å²) >= 11 is 3.35. The van der Waals surface area contributed by atoms with Gasteiger partial charge in [-0.1, -0.05) is 0 Å². The van der Waals surface area contributed by atoms with E-state index in [0.717, 1.165) is 10.0 Å². The number of H-pyrrole nitrogens is 1. The number of rotatable bonds is 1. The van der Waals surface area contributed by atoms with Gasteiger partial charge in [0, 0.05) is 23.1 Å². The summed E-state index contributed by atoms with van der Waals surface area (Å²) in [5.74, 6) is 0.622. The van der Waals surface area contributed by atoms with Gasteiger partial charge in [0.1, 0.15) is 5.82 Å². The maximum atomic E-state index is 11.3. The molecule has 0 amide bonds. The zero-order valence-corrected chi connectivity index (χ0v) is 9.08. The summed E-state index contributed by atoms with van der Waals surface area (Å²) in [6, 6.07) is 1.85. The van der Waals surface area contributed by atoms with Crippen LogP contribution >= 0.6 is 15.9 Å². The van der Waals surface area contributed by atoms with Gasteiger partial charge >= 0.3 is 5.69 Å². The second-order valence-corrected chi connectivity index (χ2v) is 3.78. The van der Waals surface area contributed by atoms with Gasteiger partial charge < -0.3 is 4.98 Å². The first-order chi connectivity index (χ1) is 6.68. The molecule has 0 atom stereocenters. The molecule has 0 spiro atoms. The summed E-state index contributed by atoms with van der Waals surface area (Å²) in [7, 11) is 0. The molecule has 0 aliphatic heterocycles. The molecule has 14 heavy (non-hydrogen) atoms. The highest BCUT2D eigenvalue weighted by molar-refractivity contribution is 9.10. The molecule has 0 bridgehead atoms. The normalized spacial score (nSPS) is 10.4. The highest BCUT2D eigenvalue weighted by atomic mass is 79.9. The number of hydrogen-bond acceptors (Lipinski definition) is 2. The molecule has 0 aliphatic rings. The topological polar surface area (TPSA) is 50.7 Å². The van der Waals surface area contributed by atoms with E-state index in [1.165, 1.54) is 4.57 Å². The van der Waals surface area contributed by atoms with Crippen LogP contribution in [0.4, 0.5) is 0 Å². The van der Waals surface area contributed by atoms with Crippen LogP contribution in [-0.4, -0.2) is 14.5 Å². The van der Waals surface area contributed by atoms with Crippen molar-refractivity contribution in [2.75, 3.05) is 0 Å². The van der Waals surface area contributed by atoms with Gasteiger partial charge in [-0.15, -0.1) is 0 Å². The van der Waals surface area contributed by atoms with Gasteiger partial charge in [0.15, 0.2) is 0 Å². The number of imidazole rings is 1. The summed E-state index contributed by atoms with van der Waals surface area (Å²) < 4.78 is 2.39. The van der Waals surface area contributed by atoms with Crippen molar-refractivity contribution in [2.24, 2.45) is 0 Å². The fourth-order valence-electron chi connectivity index (χ4n) is 1.16.